The molecule has 2 rings (SSSR count). The zero-order valence-electron chi connectivity index (χ0n) is 18.0. The Kier molecular flexibility index (Phi) is 10.2. The summed E-state index contributed by atoms with van der Waals surface area (Å²) >= 11 is 7.83. The number of carbonyl (C=O) groups excluding carboxylic acids is 2. The lowest BCUT2D eigenvalue weighted by atomic mass is 10.1. The van der Waals surface area contributed by atoms with E-state index in [4.69, 9.17) is 11.6 Å². The Bertz CT molecular complexity index is 826. The van der Waals surface area contributed by atoms with Crippen LogP contribution in [0.5, 0.6) is 0 Å². The monoisotopic (exact) mass is 446 g/mol. The summed E-state index contributed by atoms with van der Waals surface area (Å²) in [6, 6.07) is 15.0. The van der Waals surface area contributed by atoms with Crippen LogP contribution >= 0.6 is 23.4 Å². The molecule has 6 heteroatoms. The molecule has 2 amide bonds. The average Bonchev–Trinajstić information content (AvgIpc) is 2.74. The van der Waals surface area contributed by atoms with Gasteiger partial charge in [-0.15, -0.1) is 11.8 Å². The minimum Gasteiger partial charge on any atom is -0.354 e. The first kappa shape index (κ1) is 24.3. The molecule has 2 aromatic rings. The van der Waals surface area contributed by atoms with Gasteiger partial charge in [0.05, 0.1) is 5.75 Å². The van der Waals surface area contributed by atoms with E-state index in [-0.39, 0.29) is 17.6 Å². The molecule has 162 valence electrons. The van der Waals surface area contributed by atoms with Crippen molar-refractivity contribution < 1.29 is 9.59 Å². The van der Waals surface area contributed by atoms with Gasteiger partial charge in [0.15, 0.2) is 0 Å². The van der Waals surface area contributed by atoms with E-state index >= 15 is 0 Å². The number of carbonyl (C=O) groups is 2. The van der Waals surface area contributed by atoms with Crippen molar-refractivity contribution in [1.29, 1.82) is 0 Å². The topological polar surface area (TPSA) is 49.4 Å². The number of amides is 2. The minimum absolute atomic E-state index is 0.0713. The second kappa shape index (κ2) is 12.7. The Labute approximate surface area is 189 Å². The van der Waals surface area contributed by atoms with E-state index in [1.165, 1.54) is 17.3 Å². The van der Waals surface area contributed by atoms with Gasteiger partial charge in [-0.05, 0) is 43.5 Å². The van der Waals surface area contributed by atoms with Gasteiger partial charge in [-0.1, -0.05) is 67.8 Å². The van der Waals surface area contributed by atoms with Crippen LogP contribution in [0.1, 0.15) is 44.2 Å². The highest BCUT2D eigenvalue weighted by Gasteiger charge is 2.28. The fraction of sp³-hybridized carbons (Fsp3) is 0.417. The highest BCUT2D eigenvalue weighted by Crippen LogP contribution is 2.23. The Hall–Kier alpha value is -1.98. The molecule has 30 heavy (non-hydrogen) atoms. The van der Waals surface area contributed by atoms with Crippen molar-refractivity contribution in [2.24, 2.45) is 0 Å². The minimum atomic E-state index is -0.524. The molecule has 2 aromatic carbocycles. The molecule has 0 aliphatic heterocycles. The third-order valence-corrected chi connectivity index (χ3v) is 6.26. The van der Waals surface area contributed by atoms with E-state index in [1.807, 2.05) is 62.4 Å². The lowest BCUT2D eigenvalue weighted by molar-refractivity contribution is -0.139. The van der Waals surface area contributed by atoms with Gasteiger partial charge >= 0.3 is 0 Å². The standard InChI is InChI=1S/C24H31ClN2O2S/c1-4-6-15-26-24(29)22(5-2)27(16-19-9-7-8-10-21(19)25)23(28)17-30-20-13-11-18(3)12-14-20/h7-14,22H,4-6,15-17H2,1-3H3,(H,26,29). The molecule has 0 bridgehead atoms. The van der Waals surface area contributed by atoms with Gasteiger partial charge in [0.25, 0.3) is 0 Å². The Morgan fingerprint density at radius 3 is 2.43 bits per heavy atom. The van der Waals surface area contributed by atoms with E-state index in [9.17, 15) is 9.59 Å². The maximum atomic E-state index is 13.2. The quantitative estimate of drug-likeness (QED) is 0.368. The molecular weight excluding hydrogens is 416 g/mol. The SMILES string of the molecule is CCCCNC(=O)C(CC)N(Cc1ccccc1Cl)C(=O)CSc1ccc(C)cc1. The number of thioether (sulfide) groups is 1. The van der Waals surface area contributed by atoms with Crippen molar-refractivity contribution >= 4 is 35.2 Å². The third kappa shape index (κ3) is 7.37. The van der Waals surface area contributed by atoms with Crippen molar-refractivity contribution in [3.63, 3.8) is 0 Å². The number of nitrogens with zero attached hydrogens (tertiary/aromatic N) is 1. The predicted molar refractivity (Wildman–Crippen MR) is 126 cm³/mol. The lowest BCUT2D eigenvalue weighted by Gasteiger charge is -2.31. The molecule has 0 aliphatic carbocycles. The first-order valence-electron chi connectivity index (χ1n) is 10.5. The van der Waals surface area contributed by atoms with Crippen LogP contribution in [0.25, 0.3) is 0 Å². The zero-order valence-corrected chi connectivity index (χ0v) is 19.6. The van der Waals surface area contributed by atoms with Crippen molar-refractivity contribution in [3.8, 4) is 0 Å². The summed E-state index contributed by atoms with van der Waals surface area (Å²) in [6.07, 6.45) is 2.47. The summed E-state index contributed by atoms with van der Waals surface area (Å²) in [6.45, 7) is 6.99. The van der Waals surface area contributed by atoms with Crippen molar-refractivity contribution in [3.05, 3.63) is 64.7 Å². The fourth-order valence-corrected chi connectivity index (χ4v) is 4.08. The Balaban J connectivity index is 2.17. The van der Waals surface area contributed by atoms with E-state index in [2.05, 4.69) is 12.2 Å². The van der Waals surface area contributed by atoms with Crippen LogP contribution in [0.4, 0.5) is 0 Å². The molecule has 0 aromatic heterocycles. The molecular formula is C24H31ClN2O2S. The number of unbranched alkanes of at least 4 members (excludes halogenated alkanes) is 1. The Morgan fingerprint density at radius 1 is 1.10 bits per heavy atom. The van der Waals surface area contributed by atoms with Gasteiger partial charge in [0.2, 0.25) is 11.8 Å². The fourth-order valence-electron chi connectivity index (χ4n) is 3.10. The molecule has 1 N–H and O–H groups in total. The van der Waals surface area contributed by atoms with Crippen LogP contribution in [-0.4, -0.2) is 35.1 Å². The van der Waals surface area contributed by atoms with Gasteiger partial charge in [-0.3, -0.25) is 9.59 Å². The van der Waals surface area contributed by atoms with Crippen LogP contribution < -0.4 is 5.32 Å². The van der Waals surface area contributed by atoms with E-state index in [1.54, 1.807) is 4.90 Å². The number of hydrogen-bond acceptors (Lipinski definition) is 3. The number of rotatable bonds is 11. The van der Waals surface area contributed by atoms with Crippen LogP contribution in [0.15, 0.2) is 53.4 Å². The highest BCUT2D eigenvalue weighted by atomic mass is 35.5. The molecule has 0 heterocycles. The molecule has 1 unspecified atom stereocenters. The van der Waals surface area contributed by atoms with E-state index in [0.29, 0.717) is 24.5 Å². The first-order chi connectivity index (χ1) is 14.5. The van der Waals surface area contributed by atoms with Crippen molar-refractivity contribution in [2.75, 3.05) is 12.3 Å². The maximum absolute atomic E-state index is 13.2. The van der Waals surface area contributed by atoms with Crippen molar-refractivity contribution in [2.45, 2.75) is 57.5 Å². The van der Waals surface area contributed by atoms with Crippen LogP contribution in [0.3, 0.4) is 0 Å². The number of hydrogen-bond donors (Lipinski definition) is 1. The molecule has 0 spiro atoms. The largest absolute Gasteiger partial charge is 0.354 e. The normalized spacial score (nSPS) is 11.7. The Morgan fingerprint density at radius 2 is 1.80 bits per heavy atom. The summed E-state index contributed by atoms with van der Waals surface area (Å²) in [5.41, 5.74) is 2.02. The second-order valence-corrected chi connectivity index (χ2v) is 8.74. The third-order valence-electron chi connectivity index (χ3n) is 4.90. The van der Waals surface area contributed by atoms with E-state index < -0.39 is 6.04 Å². The summed E-state index contributed by atoms with van der Waals surface area (Å²) in [7, 11) is 0. The number of nitrogens with one attached hydrogen (secondary N) is 1. The van der Waals surface area contributed by atoms with Crippen LogP contribution in [0.2, 0.25) is 5.02 Å². The second-order valence-electron chi connectivity index (χ2n) is 7.28. The van der Waals surface area contributed by atoms with E-state index in [0.717, 1.165) is 23.3 Å². The number of aryl methyl sites for hydroxylation is 1. The molecule has 0 saturated carbocycles. The van der Waals surface area contributed by atoms with Crippen LogP contribution in [-0.2, 0) is 16.1 Å². The predicted octanol–water partition coefficient (Wildman–Crippen LogP) is 5.46. The zero-order chi connectivity index (χ0) is 21.9. The smallest absolute Gasteiger partial charge is 0.242 e. The van der Waals surface area contributed by atoms with Gasteiger partial charge in [0, 0.05) is 23.0 Å². The summed E-state index contributed by atoms with van der Waals surface area (Å²) in [5, 5.41) is 3.58. The maximum Gasteiger partial charge on any atom is 0.242 e. The van der Waals surface area contributed by atoms with Crippen molar-refractivity contribution in [1.82, 2.24) is 10.2 Å². The summed E-state index contributed by atoms with van der Waals surface area (Å²) in [5.74, 6) is 0.0939. The molecule has 1 atom stereocenters. The molecule has 4 nitrogen and oxygen atoms in total. The summed E-state index contributed by atoms with van der Waals surface area (Å²) < 4.78 is 0. The molecule has 0 radical (unpaired) electrons. The van der Waals surface area contributed by atoms with Gasteiger partial charge in [0.1, 0.15) is 6.04 Å². The lowest BCUT2D eigenvalue weighted by Crippen LogP contribution is -2.49. The molecule has 0 fully saturated rings. The number of benzene rings is 2. The van der Waals surface area contributed by atoms with Gasteiger partial charge in [-0.25, -0.2) is 0 Å². The van der Waals surface area contributed by atoms with Crippen LogP contribution in [0, 0.1) is 6.92 Å². The summed E-state index contributed by atoms with van der Waals surface area (Å²) in [4.78, 5) is 28.8. The highest BCUT2D eigenvalue weighted by molar-refractivity contribution is 8.00. The van der Waals surface area contributed by atoms with Gasteiger partial charge < -0.3 is 10.2 Å². The number of halogens is 1. The average molecular weight is 447 g/mol. The van der Waals surface area contributed by atoms with Gasteiger partial charge in [-0.2, -0.15) is 0 Å². The molecule has 0 saturated heterocycles. The molecule has 0 aliphatic rings. The first-order valence-corrected chi connectivity index (χ1v) is 11.8.